The molecule has 4 atom stereocenters. The van der Waals surface area contributed by atoms with Crippen molar-refractivity contribution in [3.8, 4) is 0 Å². The van der Waals surface area contributed by atoms with Crippen molar-refractivity contribution in [3.63, 3.8) is 0 Å². The second kappa shape index (κ2) is 14.0. The molecular formula is C30H34FO7P. The molecule has 3 aromatic rings. The number of hydrogen-bond acceptors (Lipinski definition) is 7. The van der Waals surface area contributed by atoms with Crippen molar-refractivity contribution < 1.29 is 37.0 Å². The Morgan fingerprint density at radius 1 is 0.718 bits per heavy atom. The van der Waals surface area contributed by atoms with Gasteiger partial charge in [0.2, 0.25) is 0 Å². The number of ether oxygens (including phenoxy) is 4. The molecule has 0 unspecified atom stereocenters. The Kier molecular flexibility index (Phi) is 10.5. The third-order valence-electron chi connectivity index (χ3n) is 6.42. The van der Waals surface area contributed by atoms with E-state index in [1.807, 2.05) is 91.0 Å². The molecule has 1 aliphatic heterocycles. The van der Waals surface area contributed by atoms with Gasteiger partial charge in [-0.3, -0.25) is 4.57 Å². The predicted molar refractivity (Wildman–Crippen MR) is 145 cm³/mol. The lowest BCUT2D eigenvalue weighted by molar-refractivity contribution is -0.211. The van der Waals surface area contributed by atoms with Crippen molar-refractivity contribution in [3.05, 3.63) is 119 Å². The summed E-state index contributed by atoms with van der Waals surface area (Å²) in [6, 6.07) is 28.8. The van der Waals surface area contributed by atoms with Crippen molar-refractivity contribution in [2.45, 2.75) is 51.2 Å². The van der Waals surface area contributed by atoms with Crippen LogP contribution in [0.15, 0.2) is 102 Å². The molecule has 4 rings (SSSR count). The molecule has 1 heterocycles. The Morgan fingerprint density at radius 3 is 1.56 bits per heavy atom. The Hall–Kier alpha value is -2.84. The van der Waals surface area contributed by atoms with Crippen molar-refractivity contribution >= 4 is 7.60 Å². The molecule has 0 aromatic heterocycles. The minimum absolute atomic E-state index is 0.126. The molecule has 1 saturated heterocycles. The fourth-order valence-electron chi connectivity index (χ4n) is 4.34. The smallest absolute Gasteiger partial charge is 0.392 e. The molecule has 0 spiro atoms. The van der Waals surface area contributed by atoms with Crippen LogP contribution in [0.3, 0.4) is 0 Å². The first-order chi connectivity index (χ1) is 18.9. The van der Waals surface area contributed by atoms with Crippen LogP contribution in [0.4, 0.5) is 4.39 Å². The van der Waals surface area contributed by atoms with Crippen LogP contribution in [-0.4, -0.2) is 38.6 Å². The molecule has 3 aromatic carbocycles. The van der Waals surface area contributed by atoms with Crippen LogP contribution in [-0.2, 0) is 52.4 Å². The molecule has 0 N–H and O–H groups in total. The molecule has 1 aliphatic rings. The summed E-state index contributed by atoms with van der Waals surface area (Å²) < 4.78 is 63.8. The summed E-state index contributed by atoms with van der Waals surface area (Å²) in [5.41, 5.74) is 1.59. The van der Waals surface area contributed by atoms with E-state index in [4.69, 9.17) is 28.0 Å². The van der Waals surface area contributed by atoms with Gasteiger partial charge < -0.3 is 28.0 Å². The van der Waals surface area contributed by atoms with Gasteiger partial charge >= 0.3 is 7.60 Å². The van der Waals surface area contributed by atoms with Gasteiger partial charge in [-0.25, -0.2) is 0 Å². The van der Waals surface area contributed by atoms with E-state index in [9.17, 15) is 4.57 Å². The molecule has 208 valence electrons. The van der Waals surface area contributed by atoms with E-state index in [-0.39, 0.29) is 25.6 Å². The van der Waals surface area contributed by atoms with Crippen LogP contribution < -0.4 is 0 Å². The molecule has 0 radical (unpaired) electrons. The maximum absolute atomic E-state index is 15.9. The van der Waals surface area contributed by atoms with E-state index in [2.05, 4.69) is 0 Å². The Morgan fingerprint density at radius 2 is 1.13 bits per heavy atom. The lowest BCUT2D eigenvalue weighted by Crippen LogP contribution is -2.54. The second-order valence-electron chi connectivity index (χ2n) is 9.08. The SMILES string of the molecule is COP(=O)(OC)/C(F)=C1\O[C@@H](C)[C@H](OCc2ccccc2)[C@@H](OCc2ccccc2)[C@H]1OCc1ccccc1. The van der Waals surface area contributed by atoms with Crippen LogP contribution in [0.1, 0.15) is 23.6 Å². The van der Waals surface area contributed by atoms with Gasteiger partial charge in [-0.2, -0.15) is 4.39 Å². The first kappa shape index (κ1) is 29.2. The van der Waals surface area contributed by atoms with E-state index in [1.54, 1.807) is 6.92 Å². The molecule has 9 heteroatoms. The fraction of sp³-hybridized carbons (Fsp3) is 0.333. The van der Waals surface area contributed by atoms with E-state index >= 15 is 4.39 Å². The molecule has 7 nitrogen and oxygen atoms in total. The van der Waals surface area contributed by atoms with Crippen LogP contribution >= 0.6 is 7.60 Å². The summed E-state index contributed by atoms with van der Waals surface area (Å²) in [6.45, 7) is 2.38. The number of rotatable bonds is 12. The molecule has 0 saturated carbocycles. The van der Waals surface area contributed by atoms with Crippen molar-refractivity contribution in [2.24, 2.45) is 0 Å². The Bertz CT molecular complexity index is 1230. The zero-order valence-corrected chi connectivity index (χ0v) is 23.2. The van der Waals surface area contributed by atoms with Gasteiger partial charge in [0.1, 0.15) is 24.4 Å². The first-order valence-corrected chi connectivity index (χ1v) is 14.2. The number of hydrogen-bond donors (Lipinski definition) is 0. The van der Waals surface area contributed by atoms with Gasteiger partial charge in [0, 0.05) is 14.2 Å². The van der Waals surface area contributed by atoms with Gasteiger partial charge in [0.05, 0.1) is 19.8 Å². The van der Waals surface area contributed by atoms with Crippen LogP contribution in [0.2, 0.25) is 0 Å². The van der Waals surface area contributed by atoms with Crippen LogP contribution in [0.5, 0.6) is 0 Å². The van der Waals surface area contributed by atoms with Gasteiger partial charge in [0.15, 0.2) is 5.76 Å². The molecular weight excluding hydrogens is 522 g/mol. The maximum atomic E-state index is 15.9. The average Bonchev–Trinajstić information content (AvgIpc) is 2.99. The topological polar surface area (TPSA) is 72.5 Å². The summed E-state index contributed by atoms with van der Waals surface area (Å²) in [5.74, 6) is -0.289. The minimum Gasteiger partial charge on any atom is -0.486 e. The van der Waals surface area contributed by atoms with E-state index in [0.29, 0.717) is 0 Å². The lowest BCUT2D eigenvalue weighted by Gasteiger charge is -2.42. The summed E-state index contributed by atoms with van der Waals surface area (Å²) in [4.78, 5) is 0. The fourth-order valence-corrected chi connectivity index (χ4v) is 5.26. The number of halogens is 1. The highest BCUT2D eigenvalue weighted by Crippen LogP contribution is 2.58. The normalized spacial score (nSPS) is 22.8. The van der Waals surface area contributed by atoms with Crippen LogP contribution in [0.25, 0.3) is 0 Å². The van der Waals surface area contributed by atoms with E-state index < -0.39 is 37.6 Å². The van der Waals surface area contributed by atoms with Gasteiger partial charge in [-0.05, 0) is 23.6 Å². The summed E-state index contributed by atoms with van der Waals surface area (Å²) in [6.07, 6.45) is -3.24. The second-order valence-corrected chi connectivity index (χ2v) is 11.2. The molecule has 1 fully saturated rings. The summed E-state index contributed by atoms with van der Waals surface area (Å²) >= 11 is 0. The quantitative estimate of drug-likeness (QED) is 0.228. The third kappa shape index (κ3) is 7.42. The van der Waals surface area contributed by atoms with Crippen LogP contribution in [0, 0.1) is 0 Å². The third-order valence-corrected chi connectivity index (χ3v) is 8.09. The summed E-state index contributed by atoms with van der Waals surface area (Å²) in [5, 5.41) is 0. The zero-order valence-electron chi connectivity index (χ0n) is 22.3. The first-order valence-electron chi connectivity index (χ1n) is 12.7. The largest absolute Gasteiger partial charge is 0.486 e. The number of benzene rings is 3. The molecule has 0 aliphatic carbocycles. The standard InChI is InChI=1S/C30H34FO7P/c1-22-26(35-19-23-13-7-4-8-14-23)27(36-20-24-15-9-5-10-16-24)28(37-21-25-17-11-6-12-18-25)29(38-22)30(31)39(32,33-2)34-3/h4-18,22,26-28H,19-21H2,1-3H3/b30-29-/t22-,26-,27+,28+/m0/s1. The molecule has 39 heavy (non-hydrogen) atoms. The minimum atomic E-state index is -4.28. The Balaban J connectivity index is 1.71. The van der Waals surface area contributed by atoms with Crippen molar-refractivity contribution in [1.29, 1.82) is 0 Å². The monoisotopic (exact) mass is 556 g/mol. The highest BCUT2D eigenvalue weighted by molar-refractivity contribution is 7.58. The highest BCUT2D eigenvalue weighted by atomic mass is 31.2. The van der Waals surface area contributed by atoms with E-state index in [0.717, 1.165) is 30.9 Å². The van der Waals surface area contributed by atoms with Crippen molar-refractivity contribution in [1.82, 2.24) is 0 Å². The lowest BCUT2D eigenvalue weighted by atomic mass is 9.97. The van der Waals surface area contributed by atoms with E-state index in [1.165, 1.54) is 0 Å². The summed E-state index contributed by atoms with van der Waals surface area (Å²) in [7, 11) is -2.04. The van der Waals surface area contributed by atoms with Gasteiger partial charge in [0.25, 0.3) is 5.57 Å². The maximum Gasteiger partial charge on any atom is 0.392 e. The molecule has 0 amide bonds. The highest BCUT2D eigenvalue weighted by Gasteiger charge is 2.49. The van der Waals surface area contributed by atoms with Gasteiger partial charge in [-0.15, -0.1) is 0 Å². The van der Waals surface area contributed by atoms with Crippen molar-refractivity contribution in [2.75, 3.05) is 14.2 Å². The van der Waals surface area contributed by atoms with Gasteiger partial charge in [-0.1, -0.05) is 91.0 Å². The average molecular weight is 557 g/mol. The zero-order chi connectivity index (χ0) is 27.7. The Labute approximate surface area is 229 Å². The molecule has 0 bridgehead atoms. The predicted octanol–water partition coefficient (Wildman–Crippen LogP) is 6.79.